The second-order valence-electron chi connectivity index (χ2n) is 11.7. The predicted molar refractivity (Wildman–Crippen MR) is 138 cm³/mol. The number of hydrogen-bond donors (Lipinski definition) is 1. The van der Waals surface area contributed by atoms with E-state index in [2.05, 4.69) is 63.8 Å². The maximum atomic E-state index is 13.2. The van der Waals surface area contributed by atoms with Crippen LogP contribution in [0.25, 0.3) is 0 Å². The van der Waals surface area contributed by atoms with E-state index >= 15 is 0 Å². The molecule has 0 aromatic heterocycles. The van der Waals surface area contributed by atoms with Crippen molar-refractivity contribution in [3.05, 3.63) is 70.8 Å². The zero-order valence-electron chi connectivity index (χ0n) is 22.1. The number of rotatable bonds is 8. The van der Waals surface area contributed by atoms with Crippen molar-refractivity contribution in [1.29, 1.82) is 0 Å². The Bertz CT molecular complexity index is 991. The molecular formula is C30H40F3NO2. The monoisotopic (exact) mass is 503 g/mol. The Morgan fingerprint density at radius 3 is 2.06 bits per heavy atom. The molecule has 3 nitrogen and oxygen atoms in total. The Balaban J connectivity index is 1.99. The Kier molecular flexibility index (Phi) is 8.92. The van der Waals surface area contributed by atoms with Gasteiger partial charge in [-0.25, -0.2) is 0 Å². The molecule has 0 unspecified atom stereocenters. The van der Waals surface area contributed by atoms with Crippen LogP contribution < -0.4 is 0 Å². The Morgan fingerprint density at radius 1 is 0.972 bits per heavy atom. The first-order valence-electron chi connectivity index (χ1n) is 13.0. The lowest BCUT2D eigenvalue weighted by Crippen LogP contribution is -2.40. The fraction of sp³-hybridized carbons (Fsp3) is 0.567. The summed E-state index contributed by atoms with van der Waals surface area (Å²) in [7, 11) is 0. The summed E-state index contributed by atoms with van der Waals surface area (Å²) >= 11 is 0. The highest BCUT2D eigenvalue weighted by atomic mass is 19.4. The summed E-state index contributed by atoms with van der Waals surface area (Å²) in [5.41, 5.74) is 2.67. The van der Waals surface area contributed by atoms with Crippen molar-refractivity contribution in [2.24, 2.45) is 11.8 Å². The van der Waals surface area contributed by atoms with Gasteiger partial charge in [0, 0.05) is 18.5 Å². The van der Waals surface area contributed by atoms with E-state index in [0.29, 0.717) is 18.9 Å². The second kappa shape index (κ2) is 11.4. The number of piperidine rings is 1. The quantitative estimate of drug-likeness (QED) is 0.393. The van der Waals surface area contributed by atoms with Crippen molar-refractivity contribution in [2.75, 3.05) is 6.54 Å². The largest absolute Gasteiger partial charge is 0.481 e. The molecule has 0 radical (unpaired) electrons. The summed E-state index contributed by atoms with van der Waals surface area (Å²) in [5, 5.41) is 9.40. The zero-order chi connectivity index (χ0) is 26.7. The molecule has 0 amide bonds. The maximum Gasteiger partial charge on any atom is 0.416 e. The minimum atomic E-state index is -4.38. The molecule has 1 fully saturated rings. The normalized spacial score (nSPS) is 20.5. The first kappa shape index (κ1) is 28.2. The number of likely N-dealkylation sites (tertiary alicyclic amines) is 1. The number of carbonyl (C=O) groups is 1. The van der Waals surface area contributed by atoms with Crippen LogP contribution in [-0.2, 0) is 16.4 Å². The van der Waals surface area contributed by atoms with Gasteiger partial charge in [-0.2, -0.15) is 13.2 Å². The molecule has 0 bridgehead atoms. The Labute approximate surface area is 213 Å². The van der Waals surface area contributed by atoms with Gasteiger partial charge in [-0.3, -0.25) is 9.69 Å². The molecule has 198 valence electrons. The summed E-state index contributed by atoms with van der Waals surface area (Å²) in [4.78, 5) is 13.9. The molecule has 2 aromatic carbocycles. The molecule has 0 aliphatic carbocycles. The van der Waals surface area contributed by atoms with Gasteiger partial charge < -0.3 is 5.11 Å². The highest BCUT2D eigenvalue weighted by Crippen LogP contribution is 2.43. The predicted octanol–water partition coefficient (Wildman–Crippen LogP) is 8.41. The fourth-order valence-electron chi connectivity index (χ4n) is 5.30. The number of alkyl halides is 3. The lowest BCUT2D eigenvalue weighted by Gasteiger charge is -2.44. The molecule has 1 heterocycles. The third-order valence-electron chi connectivity index (χ3n) is 7.42. The Hall–Kier alpha value is -2.34. The van der Waals surface area contributed by atoms with Crippen LogP contribution in [0.5, 0.6) is 0 Å². The molecule has 3 atom stereocenters. The van der Waals surface area contributed by atoms with E-state index in [0.717, 1.165) is 37.0 Å². The number of aliphatic carboxylic acids is 1. The van der Waals surface area contributed by atoms with E-state index in [1.165, 1.54) is 11.1 Å². The van der Waals surface area contributed by atoms with Crippen LogP contribution in [-0.4, -0.2) is 22.5 Å². The maximum absolute atomic E-state index is 13.2. The topological polar surface area (TPSA) is 40.5 Å². The van der Waals surface area contributed by atoms with Gasteiger partial charge in [-0.05, 0) is 78.3 Å². The van der Waals surface area contributed by atoms with Crippen molar-refractivity contribution in [3.63, 3.8) is 0 Å². The number of benzene rings is 2. The molecular weight excluding hydrogens is 463 g/mol. The third-order valence-corrected chi connectivity index (χ3v) is 7.42. The highest BCUT2D eigenvalue weighted by molar-refractivity contribution is 5.67. The van der Waals surface area contributed by atoms with Crippen LogP contribution in [0.1, 0.15) is 101 Å². The van der Waals surface area contributed by atoms with Crippen LogP contribution in [0.15, 0.2) is 48.5 Å². The highest BCUT2D eigenvalue weighted by Gasteiger charge is 2.36. The van der Waals surface area contributed by atoms with Gasteiger partial charge in [0.05, 0.1) is 5.56 Å². The van der Waals surface area contributed by atoms with Gasteiger partial charge in [-0.15, -0.1) is 0 Å². The number of halogens is 3. The molecule has 36 heavy (non-hydrogen) atoms. The lowest BCUT2D eigenvalue weighted by atomic mass is 9.81. The van der Waals surface area contributed by atoms with Crippen molar-refractivity contribution >= 4 is 5.97 Å². The van der Waals surface area contributed by atoms with Gasteiger partial charge >= 0.3 is 12.1 Å². The van der Waals surface area contributed by atoms with Gasteiger partial charge in [0.1, 0.15) is 0 Å². The summed E-state index contributed by atoms with van der Waals surface area (Å²) in [6, 6.07) is 14.2. The lowest BCUT2D eigenvalue weighted by molar-refractivity contribution is -0.139. The van der Waals surface area contributed by atoms with Gasteiger partial charge in [0.2, 0.25) is 0 Å². The van der Waals surface area contributed by atoms with Gasteiger partial charge in [0.25, 0.3) is 0 Å². The van der Waals surface area contributed by atoms with Crippen molar-refractivity contribution in [3.8, 4) is 0 Å². The number of carboxylic acid groups (broad SMARTS) is 1. The number of nitrogens with zero attached hydrogens (tertiary/aromatic N) is 1. The number of carboxylic acids is 1. The van der Waals surface area contributed by atoms with E-state index < -0.39 is 17.7 Å². The van der Waals surface area contributed by atoms with E-state index in [-0.39, 0.29) is 29.8 Å². The smallest absolute Gasteiger partial charge is 0.416 e. The molecule has 2 aromatic rings. The van der Waals surface area contributed by atoms with Gasteiger partial charge in [0.15, 0.2) is 0 Å². The average Bonchev–Trinajstić information content (AvgIpc) is 2.78. The average molecular weight is 504 g/mol. The standard InChI is InChI=1S/C30H40F3NO2/c1-20(2)6-15-26(22-7-11-24(12-8-22)29(3,4)5)34-17-16-21(19-28(35)36)18-27(34)23-9-13-25(14-10-23)30(31,32)33/h7-14,20-21,26-27H,6,15-19H2,1-5H3,(H,35,36)/t21-,26-,27+/m1/s1. The van der Waals surface area contributed by atoms with Crippen LogP contribution in [0.3, 0.4) is 0 Å². The molecule has 0 spiro atoms. The second-order valence-corrected chi connectivity index (χ2v) is 11.7. The van der Waals surface area contributed by atoms with Crippen molar-refractivity contribution in [2.45, 2.75) is 90.4 Å². The third kappa shape index (κ3) is 7.34. The molecule has 1 aliphatic rings. The zero-order valence-corrected chi connectivity index (χ0v) is 22.1. The van der Waals surface area contributed by atoms with Gasteiger partial charge in [-0.1, -0.05) is 71.0 Å². The van der Waals surface area contributed by atoms with Crippen molar-refractivity contribution < 1.29 is 23.1 Å². The van der Waals surface area contributed by atoms with Crippen LogP contribution in [0.2, 0.25) is 0 Å². The summed E-state index contributed by atoms with van der Waals surface area (Å²) in [6.07, 6.45) is -0.946. The first-order valence-corrected chi connectivity index (χ1v) is 13.0. The number of hydrogen-bond acceptors (Lipinski definition) is 2. The molecule has 3 rings (SSSR count). The minimum absolute atomic E-state index is 0.0000537. The van der Waals surface area contributed by atoms with Crippen LogP contribution in [0.4, 0.5) is 13.2 Å². The molecule has 1 saturated heterocycles. The minimum Gasteiger partial charge on any atom is -0.481 e. The molecule has 1 N–H and O–H groups in total. The van der Waals surface area contributed by atoms with E-state index in [9.17, 15) is 23.1 Å². The Morgan fingerprint density at radius 2 is 1.56 bits per heavy atom. The fourth-order valence-corrected chi connectivity index (χ4v) is 5.30. The molecule has 0 saturated carbocycles. The van der Waals surface area contributed by atoms with Crippen LogP contribution in [0, 0.1) is 11.8 Å². The van der Waals surface area contributed by atoms with Crippen molar-refractivity contribution in [1.82, 2.24) is 4.90 Å². The first-order chi connectivity index (χ1) is 16.8. The van der Waals surface area contributed by atoms with E-state index in [4.69, 9.17) is 0 Å². The summed E-state index contributed by atoms with van der Waals surface area (Å²) < 4.78 is 39.6. The van der Waals surface area contributed by atoms with Crippen LogP contribution >= 0.6 is 0 Å². The van der Waals surface area contributed by atoms with E-state index in [1.54, 1.807) is 12.1 Å². The molecule has 1 aliphatic heterocycles. The van der Waals surface area contributed by atoms with E-state index in [1.807, 2.05) is 0 Å². The summed E-state index contributed by atoms with van der Waals surface area (Å²) in [6.45, 7) is 11.7. The molecule has 6 heteroatoms. The summed E-state index contributed by atoms with van der Waals surface area (Å²) in [5.74, 6) is -0.302. The SMILES string of the molecule is CC(C)CC[C@H](c1ccc(C(C)(C)C)cc1)N1CC[C@@H](CC(=O)O)C[C@H]1c1ccc(C(F)(F)F)cc1.